The highest BCUT2D eigenvalue weighted by Gasteiger charge is 2.13. The molecule has 0 aliphatic carbocycles. The monoisotopic (exact) mass is 400 g/mol. The Hall–Kier alpha value is -2.83. The molecule has 0 radical (unpaired) electrons. The quantitative estimate of drug-likeness (QED) is 0.636. The molecular formula is C21H21ClN2O4. The lowest BCUT2D eigenvalue weighted by atomic mass is 10.1. The summed E-state index contributed by atoms with van der Waals surface area (Å²) in [4.78, 5) is 26.1. The van der Waals surface area contributed by atoms with Gasteiger partial charge in [-0.05, 0) is 49.4 Å². The van der Waals surface area contributed by atoms with Crippen molar-refractivity contribution in [3.63, 3.8) is 0 Å². The van der Waals surface area contributed by atoms with E-state index < -0.39 is 5.63 Å². The Kier molecular flexibility index (Phi) is 6.02. The van der Waals surface area contributed by atoms with Crippen molar-refractivity contribution in [2.24, 2.45) is 0 Å². The number of anilines is 1. The molecule has 3 rings (SSSR count). The molecule has 6 nitrogen and oxygen atoms in total. The van der Waals surface area contributed by atoms with Gasteiger partial charge in [-0.3, -0.25) is 9.69 Å². The largest absolute Gasteiger partial charge is 0.495 e. The standard InChI is InChI=1S/C21H21ClN2O4/c1-13-4-6-16-14(9-21(26)28-19(16)8-13)11-24(2)12-20(25)23-17-10-15(22)5-7-18(17)27-3/h4-10H,11-12H2,1-3H3,(H,23,25). The molecule has 146 valence electrons. The van der Waals surface area contributed by atoms with E-state index in [4.69, 9.17) is 20.8 Å². The molecule has 2 aromatic carbocycles. The van der Waals surface area contributed by atoms with Gasteiger partial charge >= 0.3 is 5.63 Å². The van der Waals surface area contributed by atoms with Gasteiger partial charge in [0.05, 0.1) is 19.3 Å². The first-order valence-electron chi connectivity index (χ1n) is 8.71. The summed E-state index contributed by atoms with van der Waals surface area (Å²) in [5.41, 5.74) is 2.46. The van der Waals surface area contributed by atoms with E-state index in [1.807, 2.05) is 37.1 Å². The van der Waals surface area contributed by atoms with Gasteiger partial charge in [0.2, 0.25) is 5.91 Å². The van der Waals surface area contributed by atoms with Gasteiger partial charge in [0.25, 0.3) is 0 Å². The maximum Gasteiger partial charge on any atom is 0.336 e. The second-order valence-corrected chi connectivity index (χ2v) is 7.09. The van der Waals surface area contributed by atoms with Crippen molar-refractivity contribution >= 4 is 34.2 Å². The summed E-state index contributed by atoms with van der Waals surface area (Å²) < 4.78 is 10.5. The Bertz CT molecular complexity index is 1080. The van der Waals surface area contributed by atoms with Crippen LogP contribution in [0.1, 0.15) is 11.1 Å². The molecule has 0 bridgehead atoms. The number of hydrogen-bond acceptors (Lipinski definition) is 5. The Labute approximate surface area is 167 Å². The molecule has 0 fully saturated rings. The van der Waals surface area contributed by atoms with Crippen molar-refractivity contribution in [3.05, 3.63) is 69.0 Å². The van der Waals surface area contributed by atoms with Gasteiger partial charge in [-0.25, -0.2) is 4.79 Å². The van der Waals surface area contributed by atoms with Crippen molar-refractivity contribution in [2.45, 2.75) is 13.5 Å². The molecule has 1 heterocycles. The molecule has 3 aromatic rings. The van der Waals surface area contributed by atoms with Crippen LogP contribution in [0.5, 0.6) is 5.75 Å². The van der Waals surface area contributed by atoms with E-state index in [-0.39, 0.29) is 12.5 Å². The van der Waals surface area contributed by atoms with Crippen LogP contribution in [-0.2, 0) is 11.3 Å². The number of carbonyl (C=O) groups excluding carboxylic acids is 1. The van der Waals surface area contributed by atoms with Crippen LogP contribution < -0.4 is 15.7 Å². The number of carbonyl (C=O) groups is 1. The number of fused-ring (bicyclic) bond motifs is 1. The average Bonchev–Trinajstić information content (AvgIpc) is 2.61. The van der Waals surface area contributed by atoms with Crippen LogP contribution in [0.15, 0.2) is 51.7 Å². The number of likely N-dealkylation sites (N-methyl/N-ethyl adjacent to an activating group) is 1. The maximum atomic E-state index is 12.4. The third-order valence-electron chi connectivity index (χ3n) is 4.28. The number of halogens is 1. The smallest absolute Gasteiger partial charge is 0.336 e. The van der Waals surface area contributed by atoms with Gasteiger partial charge in [-0.1, -0.05) is 23.7 Å². The second-order valence-electron chi connectivity index (χ2n) is 6.66. The number of nitrogens with one attached hydrogen (secondary N) is 1. The minimum absolute atomic E-state index is 0.128. The third kappa shape index (κ3) is 4.71. The van der Waals surface area contributed by atoms with Crippen LogP contribution >= 0.6 is 11.6 Å². The first-order chi connectivity index (χ1) is 13.4. The summed E-state index contributed by atoms with van der Waals surface area (Å²) in [6.07, 6.45) is 0. The van der Waals surface area contributed by atoms with Gasteiger partial charge in [0, 0.05) is 23.0 Å². The van der Waals surface area contributed by atoms with Crippen molar-refractivity contribution < 1.29 is 13.9 Å². The number of hydrogen-bond donors (Lipinski definition) is 1. The first kappa shape index (κ1) is 19.9. The Balaban J connectivity index is 1.73. The number of methoxy groups -OCH3 is 1. The fourth-order valence-corrected chi connectivity index (χ4v) is 3.20. The number of aryl methyl sites for hydroxylation is 1. The molecule has 7 heteroatoms. The number of rotatable bonds is 6. The van der Waals surface area contributed by atoms with Crippen LogP contribution in [0.3, 0.4) is 0 Å². The van der Waals surface area contributed by atoms with Crippen LogP contribution in [0, 0.1) is 6.92 Å². The van der Waals surface area contributed by atoms with Gasteiger partial charge in [-0.15, -0.1) is 0 Å². The Morgan fingerprint density at radius 3 is 2.75 bits per heavy atom. The number of benzene rings is 2. The zero-order valence-electron chi connectivity index (χ0n) is 15.9. The van der Waals surface area contributed by atoms with Crippen LogP contribution in [-0.4, -0.2) is 31.5 Å². The molecule has 0 aliphatic rings. The Morgan fingerprint density at radius 1 is 1.21 bits per heavy atom. The number of nitrogens with zero attached hydrogens (tertiary/aromatic N) is 1. The summed E-state index contributed by atoms with van der Waals surface area (Å²) >= 11 is 6.00. The van der Waals surface area contributed by atoms with Gasteiger partial charge in [0.15, 0.2) is 0 Å². The molecule has 1 aromatic heterocycles. The van der Waals surface area contributed by atoms with E-state index in [1.165, 1.54) is 13.2 Å². The van der Waals surface area contributed by atoms with Crippen molar-refractivity contribution in [3.8, 4) is 5.75 Å². The molecular weight excluding hydrogens is 380 g/mol. The van der Waals surface area contributed by atoms with E-state index in [2.05, 4.69) is 5.32 Å². The molecule has 0 saturated heterocycles. The van der Waals surface area contributed by atoms with Crippen molar-refractivity contribution in [1.82, 2.24) is 4.90 Å². The fourth-order valence-electron chi connectivity index (χ4n) is 3.03. The van der Waals surface area contributed by atoms with E-state index >= 15 is 0 Å². The van der Waals surface area contributed by atoms with E-state index in [0.717, 1.165) is 16.5 Å². The van der Waals surface area contributed by atoms with Crippen LogP contribution in [0.25, 0.3) is 11.0 Å². The minimum atomic E-state index is -0.408. The summed E-state index contributed by atoms with van der Waals surface area (Å²) in [6, 6.07) is 12.2. The zero-order chi connectivity index (χ0) is 20.3. The minimum Gasteiger partial charge on any atom is -0.495 e. The molecule has 0 spiro atoms. The summed E-state index contributed by atoms with van der Waals surface area (Å²) in [5.74, 6) is 0.314. The van der Waals surface area contributed by atoms with E-state index in [1.54, 1.807) is 18.2 Å². The second kappa shape index (κ2) is 8.46. The van der Waals surface area contributed by atoms with Gasteiger partial charge in [-0.2, -0.15) is 0 Å². The molecule has 0 aliphatic heterocycles. The lowest BCUT2D eigenvalue weighted by Crippen LogP contribution is -2.30. The molecule has 1 amide bonds. The number of ether oxygens (including phenoxy) is 1. The maximum absolute atomic E-state index is 12.4. The average molecular weight is 401 g/mol. The number of amides is 1. The first-order valence-corrected chi connectivity index (χ1v) is 9.09. The molecule has 0 saturated carbocycles. The zero-order valence-corrected chi connectivity index (χ0v) is 16.7. The van der Waals surface area contributed by atoms with E-state index in [0.29, 0.717) is 28.6 Å². The van der Waals surface area contributed by atoms with E-state index in [9.17, 15) is 9.59 Å². The SMILES string of the molecule is COc1ccc(Cl)cc1NC(=O)CN(C)Cc1cc(=O)oc2cc(C)ccc12. The highest BCUT2D eigenvalue weighted by molar-refractivity contribution is 6.31. The molecule has 0 atom stereocenters. The molecule has 28 heavy (non-hydrogen) atoms. The van der Waals surface area contributed by atoms with Crippen molar-refractivity contribution in [2.75, 3.05) is 26.0 Å². The molecule has 1 N–H and O–H groups in total. The topological polar surface area (TPSA) is 71.8 Å². The predicted molar refractivity (Wildman–Crippen MR) is 110 cm³/mol. The third-order valence-corrected chi connectivity index (χ3v) is 4.51. The van der Waals surface area contributed by atoms with Crippen molar-refractivity contribution in [1.29, 1.82) is 0 Å². The predicted octanol–water partition coefficient (Wildman–Crippen LogP) is 3.83. The molecule has 0 unspecified atom stereocenters. The van der Waals surface area contributed by atoms with Crippen LogP contribution in [0.4, 0.5) is 5.69 Å². The fraction of sp³-hybridized carbons (Fsp3) is 0.238. The summed E-state index contributed by atoms with van der Waals surface area (Å²) in [7, 11) is 3.34. The summed E-state index contributed by atoms with van der Waals surface area (Å²) in [6.45, 7) is 2.49. The lowest BCUT2D eigenvalue weighted by molar-refractivity contribution is -0.117. The van der Waals surface area contributed by atoms with Gasteiger partial charge < -0.3 is 14.5 Å². The van der Waals surface area contributed by atoms with Crippen LogP contribution in [0.2, 0.25) is 5.02 Å². The van der Waals surface area contributed by atoms with Gasteiger partial charge in [0.1, 0.15) is 11.3 Å². The highest BCUT2D eigenvalue weighted by atomic mass is 35.5. The highest BCUT2D eigenvalue weighted by Crippen LogP contribution is 2.27. The Morgan fingerprint density at radius 2 is 2.00 bits per heavy atom. The normalized spacial score (nSPS) is 11.0. The lowest BCUT2D eigenvalue weighted by Gasteiger charge is -2.18. The summed E-state index contributed by atoms with van der Waals surface area (Å²) in [5, 5.41) is 4.16.